The summed E-state index contributed by atoms with van der Waals surface area (Å²) in [5.41, 5.74) is 0.159. The van der Waals surface area contributed by atoms with E-state index < -0.39 is 22.6 Å². The Hall–Kier alpha value is -2.52. The molecule has 0 aliphatic carbocycles. The molecule has 2 aromatic carbocycles. The number of ether oxygens (including phenoxy) is 1. The van der Waals surface area contributed by atoms with E-state index in [1.165, 1.54) is 34.6 Å². The van der Waals surface area contributed by atoms with Crippen molar-refractivity contribution in [3.05, 3.63) is 54.6 Å². The van der Waals surface area contributed by atoms with Gasteiger partial charge in [-0.3, -0.25) is 4.79 Å². The van der Waals surface area contributed by atoms with Crippen LogP contribution in [0.2, 0.25) is 0 Å². The zero-order valence-electron chi connectivity index (χ0n) is 14.9. The molecule has 0 aromatic heterocycles. The average Bonchev–Trinajstić information content (AvgIpc) is 2.70. The standard InChI is InChI=1S/C19H20F2N2O4S/c20-19(21)27-17-9-5-4-8-16(17)22-18(24)14-10-12-23(13-11-14)28(25,26)15-6-2-1-3-7-15/h1-9,14,19H,10-13H2,(H,22,24). The Balaban J connectivity index is 1.62. The fourth-order valence-corrected chi connectivity index (χ4v) is 4.59. The number of amides is 1. The van der Waals surface area contributed by atoms with Crippen molar-refractivity contribution in [3.8, 4) is 5.75 Å². The number of nitrogens with zero attached hydrogens (tertiary/aromatic N) is 1. The molecule has 6 nitrogen and oxygen atoms in total. The molecule has 0 saturated carbocycles. The predicted octanol–water partition coefficient (Wildman–Crippen LogP) is 3.33. The molecular formula is C19H20F2N2O4S. The van der Waals surface area contributed by atoms with Gasteiger partial charge in [-0.2, -0.15) is 13.1 Å². The fourth-order valence-electron chi connectivity index (χ4n) is 3.10. The van der Waals surface area contributed by atoms with Gasteiger partial charge in [0.1, 0.15) is 5.75 Å². The van der Waals surface area contributed by atoms with Crippen LogP contribution in [0.15, 0.2) is 59.5 Å². The third kappa shape index (κ3) is 4.66. The van der Waals surface area contributed by atoms with E-state index in [0.717, 1.165) is 0 Å². The van der Waals surface area contributed by atoms with Crippen LogP contribution < -0.4 is 10.1 Å². The zero-order chi connectivity index (χ0) is 20.1. The number of hydrogen-bond donors (Lipinski definition) is 1. The highest BCUT2D eigenvalue weighted by Gasteiger charge is 2.32. The topological polar surface area (TPSA) is 75.7 Å². The van der Waals surface area contributed by atoms with E-state index in [0.29, 0.717) is 12.8 Å². The molecule has 0 spiro atoms. The van der Waals surface area contributed by atoms with Gasteiger partial charge in [0.05, 0.1) is 10.6 Å². The highest BCUT2D eigenvalue weighted by molar-refractivity contribution is 7.89. The van der Waals surface area contributed by atoms with Crippen LogP contribution in [0.25, 0.3) is 0 Å². The quantitative estimate of drug-likeness (QED) is 0.793. The molecule has 0 atom stereocenters. The summed E-state index contributed by atoms with van der Waals surface area (Å²) in [7, 11) is -3.59. The van der Waals surface area contributed by atoms with Crippen LogP contribution in [-0.2, 0) is 14.8 Å². The third-order valence-corrected chi connectivity index (χ3v) is 6.48. The first kappa shape index (κ1) is 20.2. The van der Waals surface area contributed by atoms with E-state index in [1.807, 2.05) is 0 Å². The maximum atomic E-state index is 12.6. The fraction of sp³-hybridized carbons (Fsp3) is 0.316. The molecule has 1 heterocycles. The molecule has 2 aromatic rings. The summed E-state index contributed by atoms with van der Waals surface area (Å²) in [6.45, 7) is -2.57. The maximum Gasteiger partial charge on any atom is 0.387 e. The number of nitrogens with one attached hydrogen (secondary N) is 1. The Morgan fingerprint density at radius 2 is 1.64 bits per heavy atom. The molecule has 1 saturated heterocycles. The number of carbonyl (C=O) groups excluding carboxylic acids is 1. The Labute approximate surface area is 162 Å². The van der Waals surface area contributed by atoms with Gasteiger partial charge in [0.25, 0.3) is 0 Å². The van der Waals surface area contributed by atoms with Crippen LogP contribution >= 0.6 is 0 Å². The van der Waals surface area contributed by atoms with E-state index >= 15 is 0 Å². The lowest BCUT2D eigenvalue weighted by Crippen LogP contribution is -2.41. The number of sulfonamides is 1. The first-order chi connectivity index (χ1) is 13.4. The minimum Gasteiger partial charge on any atom is -0.433 e. The van der Waals surface area contributed by atoms with Gasteiger partial charge in [0.2, 0.25) is 15.9 Å². The summed E-state index contributed by atoms with van der Waals surface area (Å²) in [5, 5.41) is 2.61. The number of para-hydroxylation sites is 2. The minimum absolute atomic E-state index is 0.116. The van der Waals surface area contributed by atoms with Gasteiger partial charge >= 0.3 is 6.61 Å². The van der Waals surface area contributed by atoms with Crippen molar-refractivity contribution in [2.24, 2.45) is 5.92 Å². The average molecular weight is 410 g/mol. The monoisotopic (exact) mass is 410 g/mol. The van der Waals surface area contributed by atoms with Crippen LogP contribution in [0.4, 0.5) is 14.5 Å². The molecule has 1 amide bonds. The van der Waals surface area contributed by atoms with Crippen molar-refractivity contribution in [2.75, 3.05) is 18.4 Å². The summed E-state index contributed by atoms with van der Waals surface area (Å²) in [6, 6.07) is 14.1. The molecule has 1 aliphatic rings. The first-order valence-corrected chi connectivity index (χ1v) is 10.2. The minimum atomic E-state index is -3.59. The Kier molecular flexibility index (Phi) is 6.25. The highest BCUT2D eigenvalue weighted by atomic mass is 32.2. The molecule has 1 aliphatic heterocycles. The molecule has 0 radical (unpaired) electrons. The van der Waals surface area contributed by atoms with Gasteiger partial charge in [-0.1, -0.05) is 30.3 Å². The number of benzene rings is 2. The first-order valence-electron chi connectivity index (χ1n) is 8.78. The molecular weight excluding hydrogens is 390 g/mol. The highest BCUT2D eigenvalue weighted by Crippen LogP contribution is 2.28. The van der Waals surface area contributed by atoms with Crippen LogP contribution in [0, 0.1) is 5.92 Å². The summed E-state index contributed by atoms with van der Waals surface area (Å²) < 4.78 is 56.0. The van der Waals surface area contributed by atoms with E-state index in [1.54, 1.807) is 24.3 Å². The SMILES string of the molecule is O=C(Nc1ccccc1OC(F)F)C1CCN(S(=O)(=O)c2ccccc2)CC1. The lowest BCUT2D eigenvalue weighted by molar-refractivity contribution is -0.121. The number of anilines is 1. The molecule has 1 fully saturated rings. The van der Waals surface area contributed by atoms with Gasteiger partial charge in [-0.25, -0.2) is 8.42 Å². The third-order valence-electron chi connectivity index (χ3n) is 4.57. The molecule has 28 heavy (non-hydrogen) atoms. The zero-order valence-corrected chi connectivity index (χ0v) is 15.7. The van der Waals surface area contributed by atoms with Crippen LogP contribution in [0.3, 0.4) is 0 Å². The normalized spacial score (nSPS) is 16.1. The van der Waals surface area contributed by atoms with Crippen LogP contribution in [0.1, 0.15) is 12.8 Å². The van der Waals surface area contributed by atoms with E-state index in [9.17, 15) is 22.0 Å². The second kappa shape index (κ2) is 8.66. The molecule has 0 bridgehead atoms. The molecule has 3 rings (SSSR count). The van der Waals surface area contributed by atoms with Crippen LogP contribution in [0.5, 0.6) is 5.75 Å². The second-order valence-corrected chi connectivity index (χ2v) is 8.29. The van der Waals surface area contributed by atoms with Crippen LogP contribution in [-0.4, -0.2) is 38.3 Å². The van der Waals surface area contributed by atoms with Crippen molar-refractivity contribution in [1.29, 1.82) is 0 Å². The Morgan fingerprint density at radius 1 is 1.04 bits per heavy atom. The van der Waals surface area contributed by atoms with Gasteiger partial charge in [0, 0.05) is 19.0 Å². The predicted molar refractivity (Wildman–Crippen MR) is 99.6 cm³/mol. The number of halogens is 2. The lowest BCUT2D eigenvalue weighted by Gasteiger charge is -2.30. The van der Waals surface area contributed by atoms with Gasteiger partial charge in [-0.05, 0) is 37.1 Å². The van der Waals surface area contributed by atoms with E-state index in [2.05, 4.69) is 10.1 Å². The van der Waals surface area contributed by atoms with Crippen molar-refractivity contribution in [2.45, 2.75) is 24.3 Å². The van der Waals surface area contributed by atoms with Crippen molar-refractivity contribution >= 4 is 21.6 Å². The van der Waals surface area contributed by atoms with Gasteiger partial charge < -0.3 is 10.1 Å². The van der Waals surface area contributed by atoms with Crippen molar-refractivity contribution < 1.29 is 26.7 Å². The van der Waals surface area contributed by atoms with Crippen molar-refractivity contribution in [1.82, 2.24) is 4.31 Å². The van der Waals surface area contributed by atoms with E-state index in [4.69, 9.17) is 0 Å². The van der Waals surface area contributed by atoms with E-state index in [-0.39, 0.29) is 35.3 Å². The number of rotatable bonds is 6. The number of carbonyl (C=O) groups is 1. The molecule has 150 valence electrons. The number of hydrogen-bond acceptors (Lipinski definition) is 4. The smallest absolute Gasteiger partial charge is 0.387 e. The summed E-state index contributed by atoms with van der Waals surface area (Å²) in [6.07, 6.45) is 0.686. The Bertz CT molecular complexity index is 915. The number of piperidine rings is 1. The van der Waals surface area contributed by atoms with Gasteiger partial charge in [-0.15, -0.1) is 0 Å². The largest absolute Gasteiger partial charge is 0.433 e. The molecule has 1 N–H and O–H groups in total. The molecule has 0 unspecified atom stereocenters. The summed E-state index contributed by atoms with van der Waals surface area (Å²) in [4.78, 5) is 12.7. The molecule has 9 heteroatoms. The second-order valence-electron chi connectivity index (χ2n) is 6.36. The number of alkyl halides is 2. The summed E-state index contributed by atoms with van der Waals surface area (Å²) in [5.74, 6) is -0.876. The lowest BCUT2D eigenvalue weighted by atomic mass is 9.97. The van der Waals surface area contributed by atoms with Crippen molar-refractivity contribution in [3.63, 3.8) is 0 Å². The Morgan fingerprint density at radius 3 is 2.29 bits per heavy atom. The maximum absolute atomic E-state index is 12.6. The van der Waals surface area contributed by atoms with Gasteiger partial charge in [0.15, 0.2) is 0 Å². The summed E-state index contributed by atoms with van der Waals surface area (Å²) >= 11 is 0.